The standard InChI is InChI=1S/C20H26N2O5S/c1-4-12-21-20(23)17(13-15-8-6-5-7-9-15)22-28(24,25)16-10-11-18(26-2)19(14-16)27-3/h5-11,14,17,22H,4,12-13H2,1-3H3,(H,21,23)/t17-/m1/s1. The van der Waals surface area contributed by atoms with Crippen LogP contribution in [0.3, 0.4) is 0 Å². The van der Waals surface area contributed by atoms with Gasteiger partial charge in [-0.1, -0.05) is 37.3 Å². The summed E-state index contributed by atoms with van der Waals surface area (Å²) in [6.07, 6.45) is 0.995. The molecule has 2 N–H and O–H groups in total. The van der Waals surface area contributed by atoms with Gasteiger partial charge in [0.05, 0.1) is 19.1 Å². The minimum absolute atomic E-state index is 0.00787. The Morgan fingerprint density at radius 2 is 1.71 bits per heavy atom. The van der Waals surface area contributed by atoms with Crippen LogP contribution in [0.4, 0.5) is 0 Å². The molecule has 28 heavy (non-hydrogen) atoms. The second-order valence-electron chi connectivity index (χ2n) is 6.17. The van der Waals surface area contributed by atoms with Crippen molar-refractivity contribution in [1.29, 1.82) is 0 Å². The van der Waals surface area contributed by atoms with Crippen LogP contribution in [0.5, 0.6) is 11.5 Å². The first-order valence-corrected chi connectivity index (χ1v) is 10.5. The van der Waals surface area contributed by atoms with Crippen molar-refractivity contribution >= 4 is 15.9 Å². The summed E-state index contributed by atoms with van der Waals surface area (Å²) >= 11 is 0. The van der Waals surface area contributed by atoms with E-state index in [2.05, 4.69) is 10.0 Å². The van der Waals surface area contributed by atoms with E-state index in [4.69, 9.17) is 9.47 Å². The molecular formula is C20H26N2O5S. The Bertz CT molecular complexity index is 885. The highest BCUT2D eigenvalue weighted by molar-refractivity contribution is 7.89. The molecule has 152 valence electrons. The number of nitrogens with one attached hydrogen (secondary N) is 2. The number of sulfonamides is 1. The Kier molecular flexibility index (Phi) is 7.83. The highest BCUT2D eigenvalue weighted by atomic mass is 32.2. The summed E-state index contributed by atoms with van der Waals surface area (Å²) in [6, 6.07) is 12.6. The van der Waals surface area contributed by atoms with Gasteiger partial charge in [-0.3, -0.25) is 4.79 Å². The predicted octanol–water partition coefficient (Wildman–Crippen LogP) is 2.12. The van der Waals surface area contributed by atoms with Crippen molar-refractivity contribution in [2.75, 3.05) is 20.8 Å². The van der Waals surface area contributed by atoms with E-state index in [1.54, 1.807) is 0 Å². The normalized spacial score (nSPS) is 12.2. The summed E-state index contributed by atoms with van der Waals surface area (Å²) in [4.78, 5) is 12.5. The molecule has 0 radical (unpaired) electrons. The SMILES string of the molecule is CCCNC(=O)[C@@H](Cc1ccccc1)NS(=O)(=O)c1ccc(OC)c(OC)c1. The van der Waals surface area contributed by atoms with Crippen LogP contribution in [0, 0.1) is 0 Å². The Balaban J connectivity index is 2.29. The van der Waals surface area contributed by atoms with Crippen molar-refractivity contribution in [3.8, 4) is 11.5 Å². The van der Waals surface area contributed by atoms with Crippen LogP contribution in [0.25, 0.3) is 0 Å². The molecule has 0 aromatic heterocycles. The van der Waals surface area contributed by atoms with E-state index in [1.807, 2.05) is 37.3 Å². The maximum atomic E-state index is 12.9. The first-order valence-electron chi connectivity index (χ1n) is 8.97. The molecule has 0 saturated heterocycles. The summed E-state index contributed by atoms with van der Waals surface area (Å²) in [6.45, 7) is 2.41. The molecule has 0 bridgehead atoms. The van der Waals surface area contributed by atoms with E-state index in [9.17, 15) is 13.2 Å². The molecule has 0 aliphatic carbocycles. The Labute approximate surface area is 166 Å². The van der Waals surface area contributed by atoms with Gasteiger partial charge in [0.1, 0.15) is 6.04 Å². The summed E-state index contributed by atoms with van der Waals surface area (Å²) in [5, 5.41) is 2.76. The van der Waals surface area contributed by atoms with Gasteiger partial charge in [-0.2, -0.15) is 4.72 Å². The lowest BCUT2D eigenvalue weighted by Crippen LogP contribution is -2.48. The fraction of sp³-hybridized carbons (Fsp3) is 0.350. The van der Waals surface area contributed by atoms with Crippen LogP contribution in [-0.4, -0.2) is 41.1 Å². The Morgan fingerprint density at radius 3 is 2.32 bits per heavy atom. The maximum absolute atomic E-state index is 12.9. The monoisotopic (exact) mass is 406 g/mol. The molecule has 0 aliphatic rings. The molecule has 0 saturated carbocycles. The first kappa shape index (κ1) is 21.7. The van der Waals surface area contributed by atoms with E-state index in [1.165, 1.54) is 32.4 Å². The van der Waals surface area contributed by atoms with Gasteiger partial charge in [0.15, 0.2) is 11.5 Å². The predicted molar refractivity (Wildman–Crippen MR) is 107 cm³/mol. The minimum atomic E-state index is -3.95. The molecule has 7 nitrogen and oxygen atoms in total. The summed E-state index contributed by atoms with van der Waals surface area (Å²) in [5.74, 6) is 0.346. The van der Waals surface area contributed by atoms with Crippen molar-refractivity contribution in [2.24, 2.45) is 0 Å². The fourth-order valence-corrected chi connectivity index (χ4v) is 3.86. The zero-order valence-corrected chi connectivity index (χ0v) is 17.1. The first-order chi connectivity index (χ1) is 13.4. The second kappa shape index (κ2) is 10.1. The number of amides is 1. The number of carbonyl (C=O) groups excluding carboxylic acids is 1. The maximum Gasteiger partial charge on any atom is 0.241 e. The number of hydrogen-bond acceptors (Lipinski definition) is 5. The third kappa shape index (κ3) is 5.71. The van der Waals surface area contributed by atoms with Gasteiger partial charge in [0.25, 0.3) is 0 Å². The zero-order chi connectivity index (χ0) is 20.6. The molecule has 0 fully saturated rings. The highest BCUT2D eigenvalue weighted by Gasteiger charge is 2.26. The molecule has 8 heteroatoms. The largest absolute Gasteiger partial charge is 0.493 e. The van der Waals surface area contributed by atoms with Crippen LogP contribution >= 0.6 is 0 Å². The lowest BCUT2D eigenvalue weighted by Gasteiger charge is -2.19. The van der Waals surface area contributed by atoms with Gasteiger partial charge < -0.3 is 14.8 Å². The van der Waals surface area contributed by atoms with E-state index in [-0.39, 0.29) is 17.2 Å². The summed E-state index contributed by atoms with van der Waals surface area (Å²) < 4.78 is 38.6. The molecule has 0 aliphatic heterocycles. The number of benzene rings is 2. The van der Waals surface area contributed by atoms with Crippen molar-refractivity contribution in [3.63, 3.8) is 0 Å². The van der Waals surface area contributed by atoms with Crippen LogP contribution in [0.2, 0.25) is 0 Å². The molecule has 0 spiro atoms. The molecule has 2 rings (SSSR count). The van der Waals surface area contributed by atoms with Crippen molar-refractivity contribution in [3.05, 3.63) is 54.1 Å². The third-order valence-corrected chi connectivity index (χ3v) is 5.58. The zero-order valence-electron chi connectivity index (χ0n) is 16.3. The van der Waals surface area contributed by atoms with E-state index < -0.39 is 16.1 Å². The molecule has 1 amide bonds. The second-order valence-corrected chi connectivity index (χ2v) is 7.89. The summed E-state index contributed by atoms with van der Waals surface area (Å²) in [7, 11) is -1.05. The molecular weight excluding hydrogens is 380 g/mol. The molecule has 1 atom stereocenters. The van der Waals surface area contributed by atoms with E-state index >= 15 is 0 Å². The number of methoxy groups -OCH3 is 2. The number of ether oxygens (including phenoxy) is 2. The van der Waals surface area contributed by atoms with Gasteiger partial charge in [-0.15, -0.1) is 0 Å². The summed E-state index contributed by atoms with van der Waals surface area (Å²) in [5.41, 5.74) is 0.856. The van der Waals surface area contributed by atoms with Crippen LogP contribution in [0.15, 0.2) is 53.4 Å². The van der Waals surface area contributed by atoms with Crippen LogP contribution in [-0.2, 0) is 21.2 Å². The van der Waals surface area contributed by atoms with Crippen molar-refractivity contribution in [2.45, 2.75) is 30.7 Å². The number of hydrogen-bond donors (Lipinski definition) is 2. The van der Waals surface area contributed by atoms with Gasteiger partial charge in [0.2, 0.25) is 15.9 Å². The molecule has 2 aromatic rings. The minimum Gasteiger partial charge on any atom is -0.493 e. The lowest BCUT2D eigenvalue weighted by molar-refractivity contribution is -0.122. The average molecular weight is 407 g/mol. The topological polar surface area (TPSA) is 93.7 Å². The number of carbonyl (C=O) groups is 1. The third-order valence-electron chi connectivity index (χ3n) is 4.11. The van der Waals surface area contributed by atoms with Crippen molar-refractivity contribution < 1.29 is 22.7 Å². The molecule has 0 unspecified atom stereocenters. The lowest BCUT2D eigenvalue weighted by atomic mass is 10.1. The number of rotatable bonds is 10. The quantitative estimate of drug-likeness (QED) is 0.630. The smallest absolute Gasteiger partial charge is 0.241 e. The van der Waals surface area contributed by atoms with Gasteiger partial charge in [-0.05, 0) is 30.5 Å². The Hall–Kier alpha value is -2.58. The van der Waals surface area contributed by atoms with E-state index in [0.29, 0.717) is 18.0 Å². The molecule has 0 heterocycles. The fourth-order valence-electron chi connectivity index (χ4n) is 2.65. The van der Waals surface area contributed by atoms with Gasteiger partial charge in [0, 0.05) is 12.6 Å². The van der Waals surface area contributed by atoms with Gasteiger partial charge >= 0.3 is 0 Å². The average Bonchev–Trinajstić information content (AvgIpc) is 2.71. The van der Waals surface area contributed by atoms with Crippen LogP contribution in [0.1, 0.15) is 18.9 Å². The highest BCUT2D eigenvalue weighted by Crippen LogP contribution is 2.29. The Morgan fingerprint density at radius 1 is 1.04 bits per heavy atom. The van der Waals surface area contributed by atoms with E-state index in [0.717, 1.165) is 12.0 Å². The van der Waals surface area contributed by atoms with Gasteiger partial charge in [-0.25, -0.2) is 8.42 Å². The van der Waals surface area contributed by atoms with Crippen molar-refractivity contribution in [1.82, 2.24) is 10.0 Å². The van der Waals surface area contributed by atoms with Crippen LogP contribution < -0.4 is 19.5 Å². The molecule has 2 aromatic carbocycles.